The van der Waals surface area contributed by atoms with Crippen molar-refractivity contribution < 1.29 is 4.92 Å². The average Bonchev–Trinajstić information content (AvgIpc) is 2.26. The van der Waals surface area contributed by atoms with Gasteiger partial charge in [-0.25, -0.2) is 0 Å². The lowest BCUT2D eigenvalue weighted by atomic mass is 10.0. The lowest BCUT2D eigenvalue weighted by Gasteiger charge is -2.07. The van der Waals surface area contributed by atoms with Crippen molar-refractivity contribution >= 4 is 33.2 Å². The normalized spacial score (nSPS) is 10.4. The molecule has 0 aliphatic rings. The molecule has 0 heterocycles. The van der Waals surface area contributed by atoms with Crippen LogP contribution in [-0.2, 0) is 12.3 Å². The molecule has 0 unspecified atom stereocenters. The molecule has 0 amide bonds. The molecule has 1 rings (SSSR count). The maximum absolute atomic E-state index is 10.9. The van der Waals surface area contributed by atoms with Gasteiger partial charge in [0.15, 0.2) is 0 Å². The first-order valence-electron chi connectivity index (χ1n) is 5.11. The van der Waals surface area contributed by atoms with E-state index >= 15 is 0 Å². The summed E-state index contributed by atoms with van der Waals surface area (Å²) in [6.45, 7) is 2.06. The minimum absolute atomic E-state index is 0.165. The number of hydrogen-bond donors (Lipinski definition) is 0. The first kappa shape index (κ1) is 13.5. The van der Waals surface area contributed by atoms with E-state index in [1.54, 1.807) is 6.07 Å². The van der Waals surface area contributed by atoms with Gasteiger partial charge in [-0.1, -0.05) is 29.3 Å². The summed E-state index contributed by atoms with van der Waals surface area (Å²) in [7, 11) is 0. The first-order chi connectivity index (χ1) is 7.60. The van der Waals surface area contributed by atoms with Gasteiger partial charge in [0, 0.05) is 22.0 Å². The molecule has 0 atom stereocenters. The highest BCUT2D eigenvalue weighted by Gasteiger charge is 2.17. The number of alkyl halides is 1. The van der Waals surface area contributed by atoms with Crippen molar-refractivity contribution in [2.24, 2.45) is 0 Å². The molecule has 3 nitrogen and oxygen atoms in total. The zero-order valence-electron chi connectivity index (χ0n) is 9.00. The molecule has 1 aromatic carbocycles. The summed E-state index contributed by atoms with van der Waals surface area (Å²) in [6.07, 6.45) is 2.68. The van der Waals surface area contributed by atoms with Crippen molar-refractivity contribution in [3.8, 4) is 0 Å². The van der Waals surface area contributed by atoms with E-state index in [1.165, 1.54) is 0 Å². The predicted octanol–water partition coefficient (Wildman–Crippen LogP) is 4.44. The number of hydrogen-bond acceptors (Lipinski definition) is 2. The summed E-state index contributed by atoms with van der Waals surface area (Å²) in [6, 6.07) is 3.41. The maximum atomic E-state index is 10.9. The molecule has 0 fully saturated rings. The Balaban J connectivity index is 3.17. The first-order valence-corrected chi connectivity index (χ1v) is 6.44. The number of benzene rings is 1. The Bertz CT molecular complexity index is 396. The van der Waals surface area contributed by atoms with Crippen molar-refractivity contribution in [2.75, 3.05) is 0 Å². The molecule has 0 aliphatic carbocycles. The van der Waals surface area contributed by atoms with E-state index in [2.05, 4.69) is 22.9 Å². The smallest absolute Gasteiger partial charge is 0.258 e. The van der Waals surface area contributed by atoms with Crippen LogP contribution in [-0.4, -0.2) is 4.92 Å². The highest BCUT2D eigenvalue weighted by Crippen LogP contribution is 2.30. The van der Waals surface area contributed by atoms with Crippen molar-refractivity contribution in [1.29, 1.82) is 0 Å². The van der Waals surface area contributed by atoms with E-state index in [0.717, 1.165) is 34.9 Å². The maximum Gasteiger partial charge on any atom is 0.274 e. The van der Waals surface area contributed by atoms with Gasteiger partial charge in [0.1, 0.15) is 0 Å². The summed E-state index contributed by atoms with van der Waals surface area (Å²) in [5, 5.41) is 10.9. The predicted molar refractivity (Wildman–Crippen MR) is 69.0 cm³/mol. The molecule has 0 bridgehead atoms. The van der Waals surface area contributed by atoms with Crippen LogP contribution >= 0.6 is 27.5 Å². The van der Waals surface area contributed by atoms with Crippen LogP contribution in [0.4, 0.5) is 5.69 Å². The van der Waals surface area contributed by atoms with Crippen LogP contribution in [0, 0.1) is 10.1 Å². The summed E-state index contributed by atoms with van der Waals surface area (Å²) in [5.41, 5.74) is 1.69. The fourth-order valence-corrected chi connectivity index (χ4v) is 2.37. The average molecular weight is 307 g/mol. The summed E-state index contributed by atoms with van der Waals surface area (Å²) >= 11 is 9.06. The van der Waals surface area contributed by atoms with Gasteiger partial charge in [-0.3, -0.25) is 10.1 Å². The van der Waals surface area contributed by atoms with Crippen LogP contribution < -0.4 is 0 Å². The second-order valence-electron chi connectivity index (χ2n) is 3.57. The van der Waals surface area contributed by atoms with Gasteiger partial charge >= 0.3 is 0 Å². The third-order valence-electron chi connectivity index (χ3n) is 2.36. The molecule has 0 spiro atoms. The molecule has 0 saturated heterocycles. The third-order valence-corrected chi connectivity index (χ3v) is 3.38. The number of halogens is 2. The number of nitro benzene ring substituents is 1. The molecule has 1 aromatic rings. The van der Waals surface area contributed by atoms with E-state index in [-0.39, 0.29) is 16.5 Å². The molecular weight excluding hydrogens is 293 g/mol. The monoisotopic (exact) mass is 305 g/mol. The SMILES string of the molecule is CCCCc1c(Br)cc(CCl)cc1[N+](=O)[O-]. The zero-order valence-corrected chi connectivity index (χ0v) is 11.3. The van der Waals surface area contributed by atoms with Gasteiger partial charge in [-0.05, 0) is 24.5 Å². The quantitative estimate of drug-likeness (QED) is 0.458. The van der Waals surface area contributed by atoms with Crippen molar-refractivity contribution in [3.05, 3.63) is 37.8 Å². The molecule has 0 radical (unpaired) electrons. The van der Waals surface area contributed by atoms with Crippen LogP contribution in [0.2, 0.25) is 0 Å². The van der Waals surface area contributed by atoms with Crippen LogP contribution in [0.1, 0.15) is 30.9 Å². The van der Waals surface area contributed by atoms with E-state index in [9.17, 15) is 10.1 Å². The number of nitrogens with zero attached hydrogens (tertiary/aromatic N) is 1. The van der Waals surface area contributed by atoms with Crippen molar-refractivity contribution in [2.45, 2.75) is 32.1 Å². The Morgan fingerprint density at radius 3 is 2.69 bits per heavy atom. The van der Waals surface area contributed by atoms with E-state index in [4.69, 9.17) is 11.6 Å². The molecular formula is C11H13BrClNO2. The van der Waals surface area contributed by atoms with Crippen LogP contribution in [0.25, 0.3) is 0 Å². The van der Waals surface area contributed by atoms with Gasteiger partial charge in [-0.15, -0.1) is 11.6 Å². The minimum Gasteiger partial charge on any atom is -0.258 e. The molecule has 0 aromatic heterocycles. The standard InChI is InChI=1S/C11H13BrClNO2/c1-2-3-4-9-10(12)5-8(7-13)6-11(9)14(15)16/h5-6H,2-4,7H2,1H3. The van der Waals surface area contributed by atoms with Gasteiger partial charge in [0.2, 0.25) is 0 Å². The Hall–Kier alpha value is -0.610. The number of unbranched alkanes of at least 4 members (excludes halogenated alkanes) is 1. The van der Waals surface area contributed by atoms with Crippen molar-refractivity contribution in [1.82, 2.24) is 0 Å². The largest absolute Gasteiger partial charge is 0.274 e. The topological polar surface area (TPSA) is 43.1 Å². The van der Waals surface area contributed by atoms with Crippen LogP contribution in [0.3, 0.4) is 0 Å². The summed E-state index contributed by atoms with van der Waals surface area (Å²) in [4.78, 5) is 10.6. The van der Waals surface area contributed by atoms with Gasteiger partial charge in [-0.2, -0.15) is 0 Å². The lowest BCUT2D eigenvalue weighted by molar-refractivity contribution is -0.385. The Kier molecular flexibility index (Phi) is 5.22. The second kappa shape index (κ2) is 6.21. The molecule has 0 aliphatic heterocycles. The molecule has 5 heteroatoms. The van der Waals surface area contributed by atoms with Gasteiger partial charge < -0.3 is 0 Å². The fraction of sp³-hybridized carbons (Fsp3) is 0.455. The molecule has 0 saturated carbocycles. The van der Waals surface area contributed by atoms with Crippen molar-refractivity contribution in [3.63, 3.8) is 0 Å². The van der Waals surface area contributed by atoms with E-state index in [1.807, 2.05) is 6.07 Å². The molecule has 16 heavy (non-hydrogen) atoms. The highest BCUT2D eigenvalue weighted by atomic mass is 79.9. The minimum atomic E-state index is -0.341. The highest BCUT2D eigenvalue weighted by molar-refractivity contribution is 9.10. The fourth-order valence-electron chi connectivity index (χ4n) is 1.52. The molecule has 0 N–H and O–H groups in total. The van der Waals surface area contributed by atoms with Crippen LogP contribution in [0.15, 0.2) is 16.6 Å². The second-order valence-corrected chi connectivity index (χ2v) is 4.69. The summed E-state index contributed by atoms with van der Waals surface area (Å²) in [5.74, 6) is 0.285. The Morgan fingerprint density at radius 2 is 2.19 bits per heavy atom. The summed E-state index contributed by atoms with van der Waals surface area (Å²) < 4.78 is 0.783. The zero-order chi connectivity index (χ0) is 12.1. The number of nitro groups is 1. The number of rotatable bonds is 5. The Labute approximate surface area is 108 Å². The van der Waals surface area contributed by atoms with Gasteiger partial charge in [0.25, 0.3) is 5.69 Å². The van der Waals surface area contributed by atoms with E-state index < -0.39 is 0 Å². The lowest BCUT2D eigenvalue weighted by Crippen LogP contribution is -1.98. The van der Waals surface area contributed by atoms with Gasteiger partial charge in [0.05, 0.1) is 4.92 Å². The third kappa shape index (κ3) is 3.19. The van der Waals surface area contributed by atoms with Crippen LogP contribution in [0.5, 0.6) is 0 Å². The van der Waals surface area contributed by atoms with E-state index in [0.29, 0.717) is 0 Å². The Morgan fingerprint density at radius 1 is 1.50 bits per heavy atom. The molecule has 88 valence electrons.